The lowest BCUT2D eigenvalue weighted by Gasteiger charge is -2.26. The maximum atomic E-state index is 12.2. The van der Waals surface area contributed by atoms with E-state index in [-0.39, 0.29) is 22.6 Å². The minimum absolute atomic E-state index is 0.0167. The van der Waals surface area contributed by atoms with Crippen molar-refractivity contribution in [3.8, 4) is 5.75 Å². The molecule has 0 saturated heterocycles. The first kappa shape index (κ1) is 18.0. The Morgan fingerprint density at radius 2 is 2.12 bits per heavy atom. The average Bonchev–Trinajstić information content (AvgIpc) is 2.94. The zero-order chi connectivity index (χ0) is 18.9. The number of anilines is 1. The first-order chi connectivity index (χ1) is 12.2. The first-order valence-electron chi connectivity index (χ1n) is 7.94. The van der Waals surface area contributed by atoms with E-state index in [0.29, 0.717) is 28.5 Å². The number of nitrogens with zero attached hydrogens (tertiary/aromatic N) is 2. The Hall–Kier alpha value is -2.81. The number of rotatable bonds is 5. The predicted octanol–water partition coefficient (Wildman–Crippen LogP) is 3.22. The molecule has 0 bridgehead atoms. The monoisotopic (exact) mass is 375 g/mol. The molecule has 136 valence electrons. The van der Waals surface area contributed by atoms with Crippen molar-refractivity contribution in [2.75, 3.05) is 11.9 Å². The Morgan fingerprint density at radius 3 is 2.85 bits per heavy atom. The van der Waals surface area contributed by atoms with Gasteiger partial charge in [0.05, 0.1) is 15.5 Å². The summed E-state index contributed by atoms with van der Waals surface area (Å²) in [6.07, 6.45) is 1.13. The molecule has 3 rings (SSSR count). The van der Waals surface area contributed by atoms with Crippen molar-refractivity contribution < 1.29 is 19.2 Å². The summed E-state index contributed by atoms with van der Waals surface area (Å²) in [6.45, 7) is 3.62. The highest BCUT2D eigenvalue weighted by Crippen LogP contribution is 2.38. The predicted molar refractivity (Wildman–Crippen MR) is 95.8 cm³/mol. The third kappa shape index (κ3) is 3.88. The molecule has 8 nitrogen and oxygen atoms in total. The number of aromatic nitrogens is 1. The zero-order valence-corrected chi connectivity index (χ0v) is 15.1. The Kier molecular flexibility index (Phi) is 4.73. The fourth-order valence-electron chi connectivity index (χ4n) is 2.80. The van der Waals surface area contributed by atoms with Gasteiger partial charge < -0.3 is 4.74 Å². The summed E-state index contributed by atoms with van der Waals surface area (Å²) in [5.74, 6) is -0.450. The van der Waals surface area contributed by atoms with E-state index in [4.69, 9.17) is 4.74 Å². The smallest absolute Gasteiger partial charge is 0.310 e. The molecular formula is C17H17N3O5S. The molecule has 2 aromatic rings. The van der Waals surface area contributed by atoms with Gasteiger partial charge >= 0.3 is 5.69 Å². The lowest BCUT2D eigenvalue weighted by Crippen LogP contribution is -2.26. The van der Waals surface area contributed by atoms with Crippen LogP contribution in [0, 0.1) is 15.5 Å². The van der Waals surface area contributed by atoms with Crippen LogP contribution in [-0.4, -0.2) is 28.2 Å². The van der Waals surface area contributed by atoms with E-state index in [1.54, 1.807) is 6.07 Å². The third-order valence-electron chi connectivity index (χ3n) is 3.90. The highest BCUT2D eigenvalue weighted by atomic mass is 32.1. The van der Waals surface area contributed by atoms with Gasteiger partial charge in [0.2, 0.25) is 0 Å². The number of hydrogen-bond donors (Lipinski definition) is 1. The second-order valence-corrected chi connectivity index (χ2v) is 7.80. The molecular weight excluding hydrogens is 358 g/mol. The van der Waals surface area contributed by atoms with E-state index < -0.39 is 17.4 Å². The molecule has 1 aliphatic rings. The number of carbonyl (C=O) groups is 2. The number of hydrogen-bond acceptors (Lipinski definition) is 7. The number of fused-ring (bicyclic) bond motifs is 1. The summed E-state index contributed by atoms with van der Waals surface area (Å²) in [6, 6.07) is 5.83. The molecule has 0 radical (unpaired) electrons. The molecule has 1 aliphatic carbocycles. The summed E-state index contributed by atoms with van der Waals surface area (Å²) >= 11 is 1.15. The topological polar surface area (TPSA) is 111 Å². The number of carbonyl (C=O) groups excluding carboxylic acids is 2. The Morgan fingerprint density at radius 1 is 1.38 bits per heavy atom. The maximum absolute atomic E-state index is 12.2. The molecule has 1 aromatic carbocycles. The van der Waals surface area contributed by atoms with Crippen LogP contribution in [0.1, 0.15) is 35.6 Å². The van der Waals surface area contributed by atoms with Crippen LogP contribution in [-0.2, 0) is 11.2 Å². The Bertz CT molecular complexity index is 890. The molecule has 0 spiro atoms. The molecule has 1 N–H and O–H groups in total. The number of para-hydroxylation sites is 2. The highest BCUT2D eigenvalue weighted by molar-refractivity contribution is 7.17. The van der Waals surface area contributed by atoms with Gasteiger partial charge in [-0.1, -0.05) is 37.3 Å². The normalized spacial score (nSPS) is 15.2. The van der Waals surface area contributed by atoms with Crippen LogP contribution in [0.25, 0.3) is 0 Å². The number of ether oxygens (including phenoxy) is 1. The van der Waals surface area contributed by atoms with E-state index >= 15 is 0 Å². The van der Waals surface area contributed by atoms with Gasteiger partial charge in [-0.25, -0.2) is 4.98 Å². The van der Waals surface area contributed by atoms with Gasteiger partial charge in [0, 0.05) is 12.5 Å². The first-order valence-corrected chi connectivity index (χ1v) is 8.76. The number of amides is 1. The van der Waals surface area contributed by atoms with E-state index in [2.05, 4.69) is 10.3 Å². The number of nitro groups is 1. The van der Waals surface area contributed by atoms with Crippen LogP contribution in [0.5, 0.6) is 5.75 Å². The van der Waals surface area contributed by atoms with Crippen LogP contribution >= 0.6 is 11.3 Å². The van der Waals surface area contributed by atoms with E-state index in [0.717, 1.165) is 11.3 Å². The number of nitro benzene ring substituents is 1. The van der Waals surface area contributed by atoms with E-state index in [1.807, 2.05) is 13.8 Å². The third-order valence-corrected chi connectivity index (χ3v) is 4.96. The lowest BCUT2D eigenvalue weighted by atomic mass is 9.78. The largest absolute Gasteiger partial charge is 0.477 e. The Balaban J connectivity index is 1.65. The number of Topliss-reactive ketones (excluding diaryl/α,β-unsaturated/α-hetero) is 1. The van der Waals surface area contributed by atoms with Gasteiger partial charge in [0.1, 0.15) is 0 Å². The van der Waals surface area contributed by atoms with Gasteiger partial charge in [-0.3, -0.25) is 25.0 Å². The minimum atomic E-state index is -0.574. The summed E-state index contributed by atoms with van der Waals surface area (Å²) in [5.41, 5.74) is 0.346. The van der Waals surface area contributed by atoms with Crippen LogP contribution in [0.4, 0.5) is 10.8 Å². The number of nitrogens with one attached hydrogen (secondary N) is 1. The average molecular weight is 375 g/mol. The van der Waals surface area contributed by atoms with Crippen LogP contribution in [0.3, 0.4) is 0 Å². The number of thiazole rings is 1. The lowest BCUT2D eigenvalue weighted by molar-refractivity contribution is -0.385. The summed E-state index contributed by atoms with van der Waals surface area (Å²) in [5, 5.41) is 13.9. The molecule has 0 saturated carbocycles. The van der Waals surface area contributed by atoms with Gasteiger partial charge in [-0.05, 0) is 17.9 Å². The summed E-state index contributed by atoms with van der Waals surface area (Å²) < 4.78 is 5.24. The standard InChI is InChI=1S/C17H17N3O5S/c1-17(2)7-10-15(12(21)8-17)26-16(18-10)19-14(22)9-25-13-6-4-3-5-11(13)20(23)24/h3-6H,7-9H2,1-2H3,(H,18,19,22). The Labute approximate surface area is 153 Å². The molecule has 0 aliphatic heterocycles. The van der Waals surface area contributed by atoms with Gasteiger partial charge in [0.25, 0.3) is 5.91 Å². The molecule has 0 fully saturated rings. The minimum Gasteiger partial charge on any atom is -0.477 e. The molecule has 1 aromatic heterocycles. The van der Waals surface area contributed by atoms with Crippen molar-refractivity contribution in [1.29, 1.82) is 0 Å². The fourth-order valence-corrected chi connectivity index (χ4v) is 3.74. The quantitative estimate of drug-likeness (QED) is 0.634. The number of ketones is 1. The molecule has 26 heavy (non-hydrogen) atoms. The molecule has 1 amide bonds. The van der Waals surface area contributed by atoms with Crippen molar-refractivity contribution >= 4 is 33.8 Å². The van der Waals surface area contributed by atoms with Crippen molar-refractivity contribution in [2.24, 2.45) is 5.41 Å². The molecule has 0 unspecified atom stereocenters. The van der Waals surface area contributed by atoms with Crippen LogP contribution < -0.4 is 10.1 Å². The van der Waals surface area contributed by atoms with Crippen molar-refractivity contribution in [2.45, 2.75) is 26.7 Å². The second-order valence-electron chi connectivity index (χ2n) is 6.80. The van der Waals surface area contributed by atoms with Gasteiger partial charge in [0.15, 0.2) is 23.3 Å². The van der Waals surface area contributed by atoms with Crippen LogP contribution in [0.15, 0.2) is 24.3 Å². The number of benzene rings is 1. The molecule has 9 heteroatoms. The van der Waals surface area contributed by atoms with Gasteiger partial charge in [-0.2, -0.15) is 0 Å². The maximum Gasteiger partial charge on any atom is 0.310 e. The highest BCUT2D eigenvalue weighted by Gasteiger charge is 2.34. The van der Waals surface area contributed by atoms with Crippen molar-refractivity contribution in [3.63, 3.8) is 0 Å². The second kappa shape index (κ2) is 6.83. The molecule has 0 atom stereocenters. The SMILES string of the molecule is CC1(C)CC(=O)c2sc(NC(=O)COc3ccccc3[N+](=O)[O-])nc2C1. The van der Waals surface area contributed by atoms with Crippen molar-refractivity contribution in [3.05, 3.63) is 45.0 Å². The zero-order valence-electron chi connectivity index (χ0n) is 14.3. The van der Waals surface area contributed by atoms with E-state index in [9.17, 15) is 19.7 Å². The van der Waals surface area contributed by atoms with E-state index in [1.165, 1.54) is 18.2 Å². The molecule has 1 heterocycles. The summed E-state index contributed by atoms with van der Waals surface area (Å²) in [4.78, 5) is 39.5. The van der Waals surface area contributed by atoms with Crippen LogP contribution in [0.2, 0.25) is 0 Å². The fraction of sp³-hybridized carbons (Fsp3) is 0.353. The van der Waals surface area contributed by atoms with Gasteiger partial charge in [-0.15, -0.1) is 0 Å². The summed E-state index contributed by atoms with van der Waals surface area (Å²) in [7, 11) is 0. The van der Waals surface area contributed by atoms with Crippen molar-refractivity contribution in [1.82, 2.24) is 4.98 Å².